The standard InChI is InChI=1S/C14H21N5OS2/c1-14(2,3)19-10-11(9-17-19)18-12(20)15-5-4-7-21-13-16-6-8-22-13/h6,8-10H,4-5,7H2,1-3H3,(H2,15,18,20). The van der Waals surface area contributed by atoms with Crippen LogP contribution < -0.4 is 10.6 Å². The van der Waals surface area contributed by atoms with Crippen LogP contribution in [-0.4, -0.2) is 33.1 Å². The molecule has 0 aromatic carbocycles. The molecule has 0 saturated heterocycles. The lowest BCUT2D eigenvalue weighted by atomic mass is 10.1. The van der Waals surface area contributed by atoms with E-state index in [1.165, 1.54) is 0 Å². The molecule has 2 aromatic heterocycles. The van der Waals surface area contributed by atoms with E-state index in [2.05, 4.69) is 41.5 Å². The summed E-state index contributed by atoms with van der Waals surface area (Å²) in [5.74, 6) is 0.940. The fourth-order valence-corrected chi connectivity index (χ4v) is 3.29. The lowest BCUT2D eigenvalue weighted by molar-refractivity contribution is 0.252. The molecule has 0 unspecified atom stereocenters. The fourth-order valence-electron chi connectivity index (χ4n) is 1.64. The molecule has 2 amide bonds. The second-order valence-electron chi connectivity index (χ2n) is 5.73. The van der Waals surface area contributed by atoms with Crippen molar-refractivity contribution in [3.05, 3.63) is 24.0 Å². The summed E-state index contributed by atoms with van der Waals surface area (Å²) < 4.78 is 2.90. The number of carbonyl (C=O) groups excluding carboxylic acids is 1. The highest BCUT2D eigenvalue weighted by Crippen LogP contribution is 2.20. The minimum absolute atomic E-state index is 0.0938. The molecule has 8 heteroatoms. The molecular formula is C14H21N5OS2. The van der Waals surface area contributed by atoms with Crippen LogP contribution in [-0.2, 0) is 5.54 Å². The Kier molecular flexibility index (Phi) is 5.84. The number of thioether (sulfide) groups is 1. The summed E-state index contributed by atoms with van der Waals surface area (Å²) >= 11 is 3.35. The van der Waals surface area contributed by atoms with Crippen LogP contribution in [0.2, 0.25) is 0 Å². The van der Waals surface area contributed by atoms with Gasteiger partial charge >= 0.3 is 6.03 Å². The molecule has 120 valence electrons. The first-order valence-electron chi connectivity index (χ1n) is 7.07. The second kappa shape index (κ2) is 7.64. The van der Waals surface area contributed by atoms with Crippen molar-refractivity contribution in [1.29, 1.82) is 0 Å². The normalized spacial score (nSPS) is 11.4. The molecule has 6 nitrogen and oxygen atoms in total. The number of hydrogen-bond donors (Lipinski definition) is 2. The maximum Gasteiger partial charge on any atom is 0.319 e. The Balaban J connectivity index is 1.64. The Hall–Kier alpha value is -1.54. The summed E-state index contributed by atoms with van der Waals surface area (Å²) in [6.45, 7) is 6.82. The van der Waals surface area contributed by atoms with Gasteiger partial charge in [0.05, 0.1) is 17.4 Å². The van der Waals surface area contributed by atoms with E-state index in [9.17, 15) is 4.79 Å². The molecular weight excluding hydrogens is 318 g/mol. The third kappa shape index (κ3) is 5.34. The van der Waals surface area contributed by atoms with E-state index < -0.39 is 0 Å². The fraction of sp³-hybridized carbons (Fsp3) is 0.500. The Labute approximate surface area is 138 Å². The first kappa shape index (κ1) is 16.8. The van der Waals surface area contributed by atoms with Gasteiger partial charge in [0, 0.05) is 30.1 Å². The van der Waals surface area contributed by atoms with E-state index >= 15 is 0 Å². The van der Waals surface area contributed by atoms with Gasteiger partial charge in [-0.25, -0.2) is 9.78 Å². The van der Waals surface area contributed by atoms with Crippen molar-refractivity contribution in [3.8, 4) is 0 Å². The highest BCUT2D eigenvalue weighted by atomic mass is 32.2. The van der Waals surface area contributed by atoms with E-state index in [0.29, 0.717) is 12.2 Å². The summed E-state index contributed by atoms with van der Waals surface area (Å²) in [5.41, 5.74) is 0.605. The molecule has 0 fully saturated rings. The van der Waals surface area contributed by atoms with Crippen molar-refractivity contribution in [2.75, 3.05) is 17.6 Å². The van der Waals surface area contributed by atoms with Crippen molar-refractivity contribution in [2.24, 2.45) is 0 Å². The SMILES string of the molecule is CC(C)(C)n1cc(NC(=O)NCCCSc2nccs2)cn1. The zero-order valence-electron chi connectivity index (χ0n) is 13.0. The molecule has 22 heavy (non-hydrogen) atoms. The molecule has 0 spiro atoms. The minimum atomic E-state index is -0.201. The second-order valence-corrected chi connectivity index (χ2v) is 7.96. The number of nitrogens with one attached hydrogen (secondary N) is 2. The molecule has 2 rings (SSSR count). The van der Waals surface area contributed by atoms with Gasteiger partial charge in [-0.1, -0.05) is 11.8 Å². The summed E-state index contributed by atoms with van der Waals surface area (Å²) in [7, 11) is 0. The van der Waals surface area contributed by atoms with Gasteiger partial charge in [0.2, 0.25) is 0 Å². The van der Waals surface area contributed by atoms with Crippen LogP contribution >= 0.6 is 23.1 Å². The number of amides is 2. The van der Waals surface area contributed by atoms with Crippen LogP contribution in [0.15, 0.2) is 28.3 Å². The van der Waals surface area contributed by atoms with E-state index in [4.69, 9.17) is 0 Å². The Bertz CT molecular complexity index is 589. The predicted octanol–water partition coefficient (Wildman–Crippen LogP) is 3.40. The lowest BCUT2D eigenvalue weighted by Crippen LogP contribution is -2.29. The van der Waals surface area contributed by atoms with Crippen molar-refractivity contribution in [2.45, 2.75) is 37.1 Å². The molecule has 0 radical (unpaired) electrons. The van der Waals surface area contributed by atoms with Gasteiger partial charge in [0.1, 0.15) is 4.34 Å². The summed E-state index contributed by atoms with van der Waals surface area (Å²) in [4.78, 5) is 16.0. The van der Waals surface area contributed by atoms with Gasteiger partial charge in [-0.15, -0.1) is 11.3 Å². The maximum atomic E-state index is 11.8. The number of carbonyl (C=O) groups is 1. The number of anilines is 1. The maximum absolute atomic E-state index is 11.8. The molecule has 2 N–H and O–H groups in total. The van der Waals surface area contributed by atoms with Crippen molar-refractivity contribution < 1.29 is 4.79 Å². The third-order valence-electron chi connectivity index (χ3n) is 2.77. The number of nitrogens with zero attached hydrogens (tertiary/aromatic N) is 3. The quantitative estimate of drug-likeness (QED) is 0.625. The number of urea groups is 1. The van der Waals surface area contributed by atoms with E-state index in [1.54, 1.807) is 35.5 Å². The first-order valence-corrected chi connectivity index (χ1v) is 8.94. The van der Waals surface area contributed by atoms with Gasteiger partial charge in [-0.3, -0.25) is 4.68 Å². The highest BCUT2D eigenvalue weighted by Gasteiger charge is 2.14. The van der Waals surface area contributed by atoms with Crippen LogP contribution in [0.3, 0.4) is 0 Å². The summed E-state index contributed by atoms with van der Waals surface area (Å²) in [6.07, 6.45) is 6.19. The molecule has 2 heterocycles. The number of aromatic nitrogens is 3. The summed E-state index contributed by atoms with van der Waals surface area (Å²) in [6, 6.07) is -0.201. The van der Waals surface area contributed by atoms with E-state index in [-0.39, 0.29) is 11.6 Å². The monoisotopic (exact) mass is 339 g/mol. The largest absolute Gasteiger partial charge is 0.338 e. The van der Waals surface area contributed by atoms with Crippen LogP contribution in [0.25, 0.3) is 0 Å². The molecule has 0 aliphatic rings. The highest BCUT2D eigenvalue weighted by molar-refractivity contribution is 8.00. The van der Waals surface area contributed by atoms with Crippen molar-refractivity contribution in [3.63, 3.8) is 0 Å². The molecule has 0 aliphatic carbocycles. The average Bonchev–Trinajstić information content (AvgIpc) is 3.08. The van der Waals surface area contributed by atoms with Crippen LogP contribution in [0.4, 0.5) is 10.5 Å². The van der Waals surface area contributed by atoms with Crippen molar-refractivity contribution >= 4 is 34.8 Å². The first-order chi connectivity index (χ1) is 10.4. The van der Waals surface area contributed by atoms with Crippen LogP contribution in [0.5, 0.6) is 0 Å². The van der Waals surface area contributed by atoms with Gasteiger partial charge in [0.25, 0.3) is 0 Å². The number of rotatable bonds is 6. The van der Waals surface area contributed by atoms with E-state index in [1.807, 2.05) is 16.3 Å². The molecule has 0 aliphatic heterocycles. The Morgan fingerprint density at radius 2 is 2.27 bits per heavy atom. The Morgan fingerprint density at radius 1 is 1.45 bits per heavy atom. The summed E-state index contributed by atoms with van der Waals surface area (Å²) in [5, 5.41) is 11.8. The minimum Gasteiger partial charge on any atom is -0.338 e. The van der Waals surface area contributed by atoms with Crippen LogP contribution in [0, 0.1) is 0 Å². The van der Waals surface area contributed by atoms with Gasteiger partial charge in [-0.2, -0.15) is 5.10 Å². The lowest BCUT2D eigenvalue weighted by Gasteiger charge is -2.18. The number of hydrogen-bond acceptors (Lipinski definition) is 5. The zero-order valence-corrected chi connectivity index (χ0v) is 14.6. The topological polar surface area (TPSA) is 71.8 Å². The number of thiazole rings is 1. The molecule has 0 bridgehead atoms. The van der Waals surface area contributed by atoms with E-state index in [0.717, 1.165) is 16.5 Å². The molecule has 0 atom stereocenters. The smallest absolute Gasteiger partial charge is 0.319 e. The molecule has 0 saturated carbocycles. The Morgan fingerprint density at radius 3 is 2.91 bits per heavy atom. The predicted molar refractivity (Wildman–Crippen MR) is 91.7 cm³/mol. The third-order valence-corrected chi connectivity index (χ3v) is 4.82. The van der Waals surface area contributed by atoms with Gasteiger partial charge < -0.3 is 10.6 Å². The zero-order chi connectivity index (χ0) is 16.0. The average molecular weight is 339 g/mol. The van der Waals surface area contributed by atoms with Crippen molar-refractivity contribution in [1.82, 2.24) is 20.1 Å². The van der Waals surface area contributed by atoms with Crippen LogP contribution in [0.1, 0.15) is 27.2 Å². The van der Waals surface area contributed by atoms with Gasteiger partial charge in [-0.05, 0) is 27.2 Å². The molecule has 2 aromatic rings. The van der Waals surface area contributed by atoms with Gasteiger partial charge in [0.15, 0.2) is 0 Å².